The number of carbonyl (C=O) groups excluding carboxylic acids is 1. The van der Waals surface area contributed by atoms with Gasteiger partial charge < -0.3 is 0 Å². The highest BCUT2D eigenvalue weighted by atomic mass is 32.2. The Bertz CT molecular complexity index is 973. The van der Waals surface area contributed by atoms with Gasteiger partial charge in [-0.05, 0) is 40.5 Å². The molecule has 2 nitrogen and oxygen atoms in total. The predicted octanol–water partition coefficient (Wildman–Crippen LogP) is 5.60. The molecule has 0 N–H and O–H groups in total. The number of benzene rings is 3. The van der Waals surface area contributed by atoms with E-state index in [0.717, 1.165) is 29.1 Å². The fraction of sp³-hybridized carbons (Fsp3) is 0.182. The summed E-state index contributed by atoms with van der Waals surface area (Å²) in [7, 11) is 0. The first-order chi connectivity index (χ1) is 12.2. The number of nitrogens with zero attached hydrogens (tertiary/aromatic N) is 1. The van der Waals surface area contributed by atoms with Crippen LogP contribution in [0.5, 0.6) is 0 Å². The second-order valence-electron chi connectivity index (χ2n) is 6.27. The first-order valence-corrected chi connectivity index (χ1v) is 9.55. The van der Waals surface area contributed by atoms with Crippen LogP contribution in [0.15, 0.2) is 65.7 Å². The van der Waals surface area contributed by atoms with Crippen LogP contribution in [-0.2, 0) is 12.8 Å². The number of rotatable bonds is 4. The number of Topliss-reactive ketones (excluding diaryl/α,β-unsaturated/α-hetero) is 1. The zero-order valence-electron chi connectivity index (χ0n) is 14.2. The number of hydrogen-bond donors (Lipinski definition) is 0. The van der Waals surface area contributed by atoms with Crippen LogP contribution in [0.1, 0.15) is 28.4 Å². The lowest BCUT2D eigenvalue weighted by molar-refractivity contribution is 0.102. The summed E-state index contributed by atoms with van der Waals surface area (Å²) in [5.41, 5.74) is 4.33. The zero-order chi connectivity index (χ0) is 17.2. The van der Waals surface area contributed by atoms with Gasteiger partial charge >= 0.3 is 0 Å². The zero-order valence-corrected chi connectivity index (χ0v) is 15.0. The van der Waals surface area contributed by atoms with E-state index in [4.69, 9.17) is 4.99 Å². The van der Waals surface area contributed by atoms with Crippen LogP contribution in [0, 0.1) is 0 Å². The second kappa shape index (κ2) is 6.85. The van der Waals surface area contributed by atoms with Gasteiger partial charge in [0, 0.05) is 12.0 Å². The van der Waals surface area contributed by atoms with E-state index >= 15 is 0 Å². The van der Waals surface area contributed by atoms with Crippen molar-refractivity contribution in [1.82, 2.24) is 0 Å². The third-order valence-corrected chi connectivity index (χ3v) is 5.56. The van der Waals surface area contributed by atoms with Crippen molar-refractivity contribution in [3.8, 4) is 0 Å². The van der Waals surface area contributed by atoms with E-state index in [1.54, 1.807) is 11.8 Å². The van der Waals surface area contributed by atoms with Crippen molar-refractivity contribution in [2.24, 2.45) is 4.99 Å². The Morgan fingerprint density at radius 2 is 1.76 bits per heavy atom. The molecule has 0 saturated heterocycles. The maximum Gasteiger partial charge on any atom is 0.173 e. The van der Waals surface area contributed by atoms with Crippen LogP contribution >= 0.6 is 11.8 Å². The van der Waals surface area contributed by atoms with Gasteiger partial charge in [0.05, 0.1) is 16.5 Å². The molecule has 1 aliphatic heterocycles. The molecule has 1 aliphatic rings. The third-order valence-electron chi connectivity index (χ3n) is 4.59. The van der Waals surface area contributed by atoms with Gasteiger partial charge in [-0.15, -0.1) is 11.8 Å². The van der Waals surface area contributed by atoms with E-state index in [9.17, 15) is 4.79 Å². The van der Waals surface area contributed by atoms with Crippen LogP contribution in [0.25, 0.3) is 10.8 Å². The summed E-state index contributed by atoms with van der Waals surface area (Å²) in [6.45, 7) is 2.12. The van der Waals surface area contributed by atoms with Crippen LogP contribution < -0.4 is 0 Å². The Morgan fingerprint density at radius 3 is 2.48 bits per heavy atom. The number of carbonyl (C=O) groups is 1. The SMILES string of the molecule is CCc1ccc(C(=O)CSC2=Nc3cc4ccccc4cc3C2)cc1. The molecule has 0 radical (unpaired) electrons. The van der Waals surface area contributed by atoms with Crippen LogP contribution in [0.3, 0.4) is 0 Å². The van der Waals surface area contributed by atoms with Crippen LogP contribution in [0.4, 0.5) is 5.69 Å². The van der Waals surface area contributed by atoms with Gasteiger partial charge in [0.25, 0.3) is 0 Å². The number of aliphatic imine (C=N–C) groups is 1. The van der Waals surface area contributed by atoms with E-state index < -0.39 is 0 Å². The minimum Gasteiger partial charge on any atom is -0.293 e. The smallest absolute Gasteiger partial charge is 0.173 e. The Hall–Kier alpha value is -2.39. The van der Waals surface area contributed by atoms with Crippen LogP contribution in [-0.4, -0.2) is 16.6 Å². The average molecular weight is 345 g/mol. The van der Waals surface area contributed by atoms with Crippen molar-refractivity contribution in [1.29, 1.82) is 0 Å². The molecule has 124 valence electrons. The third kappa shape index (κ3) is 3.38. The van der Waals surface area contributed by atoms with E-state index in [2.05, 4.69) is 37.3 Å². The van der Waals surface area contributed by atoms with Crippen molar-refractivity contribution in [2.75, 3.05) is 5.75 Å². The van der Waals surface area contributed by atoms with E-state index in [0.29, 0.717) is 5.75 Å². The highest BCUT2D eigenvalue weighted by molar-refractivity contribution is 8.14. The molecule has 0 aromatic heterocycles. The average Bonchev–Trinajstić information content (AvgIpc) is 3.06. The quantitative estimate of drug-likeness (QED) is 0.576. The molecule has 0 fully saturated rings. The molecule has 0 unspecified atom stereocenters. The second-order valence-corrected chi connectivity index (χ2v) is 7.32. The molecule has 0 aliphatic carbocycles. The van der Waals surface area contributed by atoms with Crippen molar-refractivity contribution < 1.29 is 4.79 Å². The van der Waals surface area contributed by atoms with Crippen molar-refractivity contribution >= 4 is 39.0 Å². The molecule has 3 aromatic rings. The first-order valence-electron chi connectivity index (χ1n) is 8.57. The number of fused-ring (bicyclic) bond motifs is 2. The van der Waals surface area contributed by atoms with E-state index in [-0.39, 0.29) is 5.78 Å². The summed E-state index contributed by atoms with van der Waals surface area (Å²) in [4.78, 5) is 17.1. The summed E-state index contributed by atoms with van der Waals surface area (Å²) in [5.74, 6) is 0.606. The number of thioether (sulfide) groups is 1. The van der Waals surface area contributed by atoms with Crippen molar-refractivity contribution in [3.05, 3.63) is 77.4 Å². The molecule has 0 spiro atoms. The van der Waals surface area contributed by atoms with Gasteiger partial charge in [-0.3, -0.25) is 4.79 Å². The van der Waals surface area contributed by atoms with E-state index in [1.807, 2.05) is 30.3 Å². The van der Waals surface area contributed by atoms with Gasteiger partial charge in [0.15, 0.2) is 5.78 Å². The molecule has 0 saturated carbocycles. The highest BCUT2D eigenvalue weighted by Crippen LogP contribution is 2.34. The Balaban J connectivity index is 1.44. The number of aryl methyl sites for hydroxylation is 1. The monoisotopic (exact) mass is 345 g/mol. The molecule has 3 heteroatoms. The maximum atomic E-state index is 12.4. The Labute approximate surface area is 152 Å². The molecule has 0 bridgehead atoms. The molecule has 1 heterocycles. The summed E-state index contributed by atoms with van der Waals surface area (Å²) in [6.07, 6.45) is 1.82. The Kier molecular flexibility index (Phi) is 4.41. The summed E-state index contributed by atoms with van der Waals surface area (Å²) >= 11 is 1.56. The lowest BCUT2D eigenvalue weighted by atomic mass is 10.0. The summed E-state index contributed by atoms with van der Waals surface area (Å²) < 4.78 is 0. The van der Waals surface area contributed by atoms with Gasteiger partial charge in [-0.2, -0.15) is 0 Å². The number of ketones is 1. The summed E-state index contributed by atoms with van der Waals surface area (Å²) in [6, 6.07) is 20.6. The lowest BCUT2D eigenvalue weighted by Crippen LogP contribution is -2.05. The predicted molar refractivity (Wildman–Crippen MR) is 107 cm³/mol. The normalized spacial score (nSPS) is 12.9. The first kappa shape index (κ1) is 16.1. The fourth-order valence-corrected chi connectivity index (χ4v) is 3.98. The minimum absolute atomic E-state index is 0.163. The minimum atomic E-state index is 0.163. The standard InChI is InChI=1S/C22H19NOS/c1-2-15-7-9-16(10-8-15)21(24)14-25-22-13-19-11-17-5-3-4-6-18(17)12-20(19)23-22/h3-12H,2,13-14H2,1H3. The molecule has 0 atom stereocenters. The topological polar surface area (TPSA) is 29.4 Å². The number of hydrogen-bond acceptors (Lipinski definition) is 3. The molecule has 3 aromatic carbocycles. The van der Waals surface area contributed by atoms with Crippen molar-refractivity contribution in [3.63, 3.8) is 0 Å². The van der Waals surface area contributed by atoms with Crippen LogP contribution in [0.2, 0.25) is 0 Å². The van der Waals surface area contributed by atoms with E-state index in [1.165, 1.54) is 21.9 Å². The molecule has 4 rings (SSSR count). The Morgan fingerprint density at radius 1 is 1.04 bits per heavy atom. The van der Waals surface area contributed by atoms with Gasteiger partial charge in [-0.25, -0.2) is 4.99 Å². The lowest BCUT2D eigenvalue weighted by Gasteiger charge is -2.03. The van der Waals surface area contributed by atoms with Crippen molar-refractivity contribution in [2.45, 2.75) is 19.8 Å². The fourth-order valence-electron chi connectivity index (χ4n) is 3.10. The molecular formula is C22H19NOS. The molecular weight excluding hydrogens is 326 g/mol. The maximum absolute atomic E-state index is 12.4. The highest BCUT2D eigenvalue weighted by Gasteiger charge is 2.17. The van der Waals surface area contributed by atoms with Gasteiger partial charge in [0.2, 0.25) is 0 Å². The van der Waals surface area contributed by atoms with Gasteiger partial charge in [0.1, 0.15) is 0 Å². The largest absolute Gasteiger partial charge is 0.293 e. The molecule has 0 amide bonds. The summed E-state index contributed by atoms with van der Waals surface area (Å²) in [5, 5.41) is 3.49. The van der Waals surface area contributed by atoms with Gasteiger partial charge in [-0.1, -0.05) is 55.5 Å². The molecule has 25 heavy (non-hydrogen) atoms.